The standard InChI is InChI=1S/C24H31N7O3/c1-3-17-4-7-22(26-15-17)30-10-8-19(9-11-30)29(2)23(32)16-34-13-12-31-21-14-18(24(25)33)5-6-20(21)27-28-31/h4-7,14-15,19H,3,8-13,16H2,1-2H3,(H2,25,33). The van der Waals surface area contributed by atoms with Gasteiger partial charge in [-0.1, -0.05) is 18.2 Å². The molecule has 4 rings (SSSR count). The normalized spacial score (nSPS) is 14.5. The van der Waals surface area contributed by atoms with E-state index >= 15 is 0 Å². The number of hydrogen-bond acceptors (Lipinski definition) is 7. The Morgan fingerprint density at radius 3 is 2.68 bits per heavy atom. The molecule has 0 aliphatic carbocycles. The second-order valence-corrected chi connectivity index (χ2v) is 8.53. The highest BCUT2D eigenvalue weighted by atomic mass is 16.5. The van der Waals surface area contributed by atoms with Crippen LogP contribution in [0.15, 0.2) is 36.5 Å². The summed E-state index contributed by atoms with van der Waals surface area (Å²) in [5, 5.41) is 8.17. The minimum absolute atomic E-state index is 0.00984. The number of aryl methyl sites for hydroxylation is 1. The average molecular weight is 466 g/mol. The van der Waals surface area contributed by atoms with E-state index in [1.807, 2.05) is 13.2 Å². The zero-order chi connectivity index (χ0) is 24.1. The topological polar surface area (TPSA) is 119 Å². The van der Waals surface area contributed by atoms with Crippen LogP contribution in [0.2, 0.25) is 0 Å². The zero-order valence-electron chi connectivity index (χ0n) is 19.7. The number of primary amides is 1. The highest BCUT2D eigenvalue weighted by molar-refractivity contribution is 5.96. The summed E-state index contributed by atoms with van der Waals surface area (Å²) >= 11 is 0. The van der Waals surface area contributed by atoms with Crippen molar-refractivity contribution < 1.29 is 14.3 Å². The van der Waals surface area contributed by atoms with E-state index in [0.29, 0.717) is 29.7 Å². The summed E-state index contributed by atoms with van der Waals surface area (Å²) in [6.45, 7) is 4.59. The molecule has 1 aliphatic heterocycles. The van der Waals surface area contributed by atoms with Gasteiger partial charge in [0, 0.05) is 37.9 Å². The van der Waals surface area contributed by atoms with Crippen molar-refractivity contribution in [2.75, 3.05) is 38.3 Å². The van der Waals surface area contributed by atoms with Crippen LogP contribution in [-0.2, 0) is 22.5 Å². The Balaban J connectivity index is 1.22. The Bertz CT molecular complexity index is 1140. The van der Waals surface area contributed by atoms with Crippen LogP contribution in [0.5, 0.6) is 0 Å². The van der Waals surface area contributed by atoms with Crippen LogP contribution < -0.4 is 10.6 Å². The van der Waals surface area contributed by atoms with Gasteiger partial charge >= 0.3 is 0 Å². The number of carbonyl (C=O) groups excluding carboxylic acids is 2. The number of carbonyl (C=O) groups is 2. The number of amides is 2. The Hall–Kier alpha value is -3.53. The molecule has 10 nitrogen and oxygen atoms in total. The predicted molar refractivity (Wildman–Crippen MR) is 128 cm³/mol. The highest BCUT2D eigenvalue weighted by Gasteiger charge is 2.26. The van der Waals surface area contributed by atoms with Gasteiger partial charge in [0.25, 0.3) is 0 Å². The van der Waals surface area contributed by atoms with Gasteiger partial charge in [-0.15, -0.1) is 5.10 Å². The molecule has 3 aromatic rings. The minimum atomic E-state index is -0.504. The molecule has 10 heteroatoms. The van der Waals surface area contributed by atoms with Crippen LogP contribution in [0, 0.1) is 0 Å². The summed E-state index contributed by atoms with van der Waals surface area (Å²) in [7, 11) is 1.84. The minimum Gasteiger partial charge on any atom is -0.370 e. The van der Waals surface area contributed by atoms with Crippen molar-refractivity contribution in [1.29, 1.82) is 0 Å². The van der Waals surface area contributed by atoms with Crippen LogP contribution in [0.3, 0.4) is 0 Å². The van der Waals surface area contributed by atoms with Gasteiger partial charge in [0.15, 0.2) is 0 Å². The van der Waals surface area contributed by atoms with Crippen LogP contribution in [0.4, 0.5) is 5.82 Å². The van der Waals surface area contributed by atoms with Gasteiger partial charge < -0.3 is 20.3 Å². The molecule has 1 aliphatic rings. The predicted octanol–water partition coefficient (Wildman–Crippen LogP) is 1.63. The van der Waals surface area contributed by atoms with E-state index < -0.39 is 5.91 Å². The number of benzene rings is 1. The van der Waals surface area contributed by atoms with Crippen molar-refractivity contribution in [1.82, 2.24) is 24.9 Å². The number of anilines is 1. The molecular formula is C24H31N7O3. The van der Waals surface area contributed by atoms with E-state index in [0.717, 1.165) is 38.2 Å². The third kappa shape index (κ3) is 5.33. The lowest BCUT2D eigenvalue weighted by atomic mass is 10.0. The SMILES string of the molecule is CCc1ccc(N2CCC(N(C)C(=O)COCCn3nnc4ccc(C(N)=O)cc43)CC2)nc1. The first-order valence-electron chi connectivity index (χ1n) is 11.6. The lowest BCUT2D eigenvalue weighted by Crippen LogP contribution is -2.46. The third-order valence-corrected chi connectivity index (χ3v) is 6.42. The highest BCUT2D eigenvalue weighted by Crippen LogP contribution is 2.21. The van der Waals surface area contributed by atoms with Gasteiger partial charge in [-0.3, -0.25) is 9.59 Å². The lowest BCUT2D eigenvalue weighted by molar-refractivity contribution is -0.137. The number of likely N-dealkylation sites (N-methyl/N-ethyl adjacent to an activating group) is 1. The van der Waals surface area contributed by atoms with Crippen LogP contribution >= 0.6 is 0 Å². The summed E-state index contributed by atoms with van der Waals surface area (Å²) in [6.07, 6.45) is 4.71. The maximum absolute atomic E-state index is 12.6. The number of aromatic nitrogens is 4. The van der Waals surface area contributed by atoms with E-state index in [1.54, 1.807) is 27.8 Å². The molecule has 2 amide bonds. The first-order valence-corrected chi connectivity index (χ1v) is 11.6. The van der Waals surface area contributed by atoms with Crippen molar-refractivity contribution in [3.8, 4) is 0 Å². The second kappa shape index (κ2) is 10.6. The summed E-state index contributed by atoms with van der Waals surface area (Å²) in [5.41, 5.74) is 8.36. The van der Waals surface area contributed by atoms with Crippen molar-refractivity contribution in [3.63, 3.8) is 0 Å². The fourth-order valence-corrected chi connectivity index (χ4v) is 4.19. The molecule has 2 N–H and O–H groups in total. The maximum Gasteiger partial charge on any atom is 0.248 e. The number of rotatable bonds is 9. The zero-order valence-corrected chi connectivity index (χ0v) is 19.7. The third-order valence-electron chi connectivity index (χ3n) is 6.42. The molecule has 0 saturated carbocycles. The molecule has 0 bridgehead atoms. The molecule has 2 aromatic heterocycles. The van der Waals surface area contributed by atoms with Crippen LogP contribution in [0.25, 0.3) is 11.0 Å². The molecule has 1 saturated heterocycles. The van der Waals surface area contributed by atoms with E-state index in [1.165, 1.54) is 5.56 Å². The fourth-order valence-electron chi connectivity index (χ4n) is 4.19. The lowest BCUT2D eigenvalue weighted by Gasteiger charge is -2.37. The first-order chi connectivity index (χ1) is 16.5. The fraction of sp³-hybridized carbons (Fsp3) is 0.458. The first kappa shape index (κ1) is 23.6. The maximum atomic E-state index is 12.6. The van der Waals surface area contributed by atoms with Gasteiger partial charge in [0.1, 0.15) is 17.9 Å². The van der Waals surface area contributed by atoms with Crippen LogP contribution in [0.1, 0.15) is 35.7 Å². The van der Waals surface area contributed by atoms with Crippen molar-refractivity contribution in [2.24, 2.45) is 5.73 Å². The number of piperidine rings is 1. The average Bonchev–Trinajstić information content (AvgIpc) is 3.28. The quantitative estimate of drug-likeness (QED) is 0.477. The monoisotopic (exact) mass is 465 g/mol. The molecule has 0 atom stereocenters. The Morgan fingerprint density at radius 1 is 1.21 bits per heavy atom. The molecule has 1 aromatic carbocycles. The van der Waals surface area contributed by atoms with E-state index in [4.69, 9.17) is 10.5 Å². The number of nitrogens with two attached hydrogens (primary N) is 1. The van der Waals surface area contributed by atoms with E-state index in [-0.39, 0.29) is 18.6 Å². The number of pyridine rings is 1. The molecule has 1 fully saturated rings. The summed E-state index contributed by atoms with van der Waals surface area (Å²) in [4.78, 5) is 32.7. The summed E-state index contributed by atoms with van der Waals surface area (Å²) < 4.78 is 7.27. The second-order valence-electron chi connectivity index (χ2n) is 8.53. The van der Waals surface area contributed by atoms with Gasteiger partial charge in [-0.2, -0.15) is 0 Å². The number of fused-ring (bicyclic) bond motifs is 1. The smallest absolute Gasteiger partial charge is 0.248 e. The van der Waals surface area contributed by atoms with Crippen molar-refractivity contribution >= 4 is 28.7 Å². The molecule has 0 radical (unpaired) electrons. The molecule has 34 heavy (non-hydrogen) atoms. The van der Waals surface area contributed by atoms with Crippen molar-refractivity contribution in [2.45, 2.75) is 38.8 Å². The number of hydrogen-bond donors (Lipinski definition) is 1. The van der Waals surface area contributed by atoms with Gasteiger partial charge in [0.2, 0.25) is 11.8 Å². The van der Waals surface area contributed by atoms with E-state index in [2.05, 4.69) is 39.3 Å². The molecule has 0 spiro atoms. The van der Waals surface area contributed by atoms with Crippen LogP contribution in [-0.4, -0.2) is 76.1 Å². The van der Waals surface area contributed by atoms with Gasteiger partial charge in [-0.25, -0.2) is 9.67 Å². The molecular weight excluding hydrogens is 434 g/mol. The van der Waals surface area contributed by atoms with E-state index in [9.17, 15) is 9.59 Å². The Labute approximate surface area is 198 Å². The van der Waals surface area contributed by atoms with Gasteiger partial charge in [-0.05, 0) is 49.1 Å². The van der Waals surface area contributed by atoms with Crippen molar-refractivity contribution in [3.05, 3.63) is 47.7 Å². The summed E-state index contributed by atoms with van der Waals surface area (Å²) in [5.74, 6) is 0.455. The van der Waals surface area contributed by atoms with Gasteiger partial charge in [0.05, 0.1) is 18.7 Å². The summed E-state index contributed by atoms with van der Waals surface area (Å²) in [6, 6.07) is 9.39. The Morgan fingerprint density at radius 2 is 2.00 bits per heavy atom. The largest absolute Gasteiger partial charge is 0.370 e. The molecule has 180 valence electrons. The Kier molecular flexibility index (Phi) is 7.36. The molecule has 0 unspecified atom stereocenters. The molecule has 3 heterocycles. The number of ether oxygens (including phenoxy) is 1. The number of nitrogens with zero attached hydrogens (tertiary/aromatic N) is 6.